The van der Waals surface area contributed by atoms with E-state index < -0.39 is 0 Å². The normalized spacial score (nSPS) is 11.7. The van der Waals surface area contributed by atoms with Crippen LogP contribution >= 0.6 is 0 Å². The molecule has 0 amide bonds. The Hall–Kier alpha value is -16.8. The van der Waals surface area contributed by atoms with Crippen LogP contribution in [0.15, 0.2) is 480 Å². The van der Waals surface area contributed by atoms with Crippen LogP contribution in [0.4, 0.5) is 51.2 Å². The number of furan rings is 3. The van der Waals surface area contributed by atoms with Gasteiger partial charge in [0.25, 0.3) is 0 Å². The van der Waals surface area contributed by atoms with E-state index in [-0.39, 0.29) is 0 Å². The van der Waals surface area contributed by atoms with Crippen molar-refractivity contribution in [1.29, 1.82) is 0 Å². The van der Waals surface area contributed by atoms with E-state index in [9.17, 15) is 0 Å². The minimum Gasteiger partial charge on any atom is -0.455 e. The fourth-order valence-electron chi connectivity index (χ4n) is 19.4. The second kappa shape index (κ2) is 30.7. The molecule has 0 fully saturated rings. The molecule has 3 aromatic heterocycles. The molecule has 0 unspecified atom stereocenters. The third kappa shape index (κ3) is 12.6. The van der Waals surface area contributed by atoms with Gasteiger partial charge in [-0.1, -0.05) is 358 Å². The molecule has 126 heavy (non-hydrogen) atoms. The summed E-state index contributed by atoms with van der Waals surface area (Å²) in [5.41, 5.74) is 20.5. The van der Waals surface area contributed by atoms with Crippen molar-refractivity contribution in [2.45, 2.75) is 0 Å². The van der Waals surface area contributed by atoms with E-state index in [4.69, 9.17) is 13.3 Å². The van der Waals surface area contributed by atoms with Crippen LogP contribution in [0.25, 0.3) is 185 Å². The van der Waals surface area contributed by atoms with Crippen LogP contribution in [0.5, 0.6) is 0 Å². The highest BCUT2D eigenvalue weighted by atomic mass is 16.3. The molecule has 0 saturated heterocycles. The highest BCUT2D eigenvalue weighted by Crippen LogP contribution is 2.51. The zero-order valence-electron chi connectivity index (χ0n) is 68.5. The van der Waals surface area contributed by atoms with E-state index in [1.165, 1.54) is 86.9 Å². The summed E-state index contributed by atoms with van der Waals surface area (Å²) in [6.07, 6.45) is 0. The van der Waals surface area contributed by atoms with Crippen molar-refractivity contribution in [3.63, 3.8) is 0 Å². The van der Waals surface area contributed by atoms with Gasteiger partial charge in [0.15, 0.2) is 0 Å². The van der Waals surface area contributed by atoms with Gasteiger partial charge in [-0.3, -0.25) is 0 Å². The Bertz CT molecular complexity index is 8680. The fraction of sp³-hybridized carbons (Fsp3) is 0. The SMILES string of the molecule is c1ccc(-c2ccc3cc(N(c4cccc5ccccc45)c4cccc5c4ccc4c6ccccc6oc54)ccc3c2)cc1.c1ccc2c(-c3ccc(N(c4cccc5ccccc45)c4cccc5c4ccc4c6ccccc6oc54)cc3)cccc2c1.c1ccc2c(N(c3cccc4ccccc34)c3cccc4c3ccc3c5ccccc5oc43)cccc2c1. The van der Waals surface area contributed by atoms with Gasteiger partial charge < -0.3 is 28.0 Å². The summed E-state index contributed by atoms with van der Waals surface area (Å²) in [5.74, 6) is 0. The van der Waals surface area contributed by atoms with Crippen molar-refractivity contribution in [1.82, 2.24) is 0 Å². The van der Waals surface area contributed by atoms with Gasteiger partial charge in [-0.25, -0.2) is 0 Å². The molecule has 0 N–H and O–H groups in total. The van der Waals surface area contributed by atoms with Gasteiger partial charge in [-0.2, -0.15) is 0 Å². The first kappa shape index (κ1) is 73.1. The van der Waals surface area contributed by atoms with E-state index in [2.05, 4.69) is 445 Å². The Labute approximate surface area is 726 Å². The lowest BCUT2D eigenvalue weighted by Crippen LogP contribution is -2.11. The van der Waals surface area contributed by atoms with Gasteiger partial charge in [-0.15, -0.1) is 0 Å². The smallest absolute Gasteiger partial charge is 0.143 e. The third-order valence-electron chi connectivity index (χ3n) is 25.3. The van der Waals surface area contributed by atoms with Crippen molar-refractivity contribution in [3.05, 3.63) is 467 Å². The van der Waals surface area contributed by atoms with Gasteiger partial charge in [0.2, 0.25) is 0 Å². The summed E-state index contributed by atoms with van der Waals surface area (Å²) >= 11 is 0. The molecule has 23 aromatic carbocycles. The predicted octanol–water partition coefficient (Wildman–Crippen LogP) is 34.9. The van der Waals surface area contributed by atoms with E-state index >= 15 is 0 Å². The van der Waals surface area contributed by atoms with E-state index in [0.29, 0.717) is 0 Å². The Morgan fingerprint density at radius 2 is 0.405 bits per heavy atom. The molecule has 0 atom stereocenters. The lowest BCUT2D eigenvalue weighted by molar-refractivity contribution is 0.672. The minimum absolute atomic E-state index is 0.912. The summed E-state index contributed by atoms with van der Waals surface area (Å²) in [5, 5.41) is 28.2. The van der Waals surface area contributed by atoms with Gasteiger partial charge >= 0.3 is 0 Å². The van der Waals surface area contributed by atoms with Crippen LogP contribution in [0.3, 0.4) is 0 Å². The minimum atomic E-state index is 0.912. The summed E-state index contributed by atoms with van der Waals surface area (Å²) < 4.78 is 19.4. The first-order valence-electron chi connectivity index (χ1n) is 43.0. The first-order valence-corrected chi connectivity index (χ1v) is 43.0. The molecule has 0 bridgehead atoms. The topological polar surface area (TPSA) is 49.1 Å². The zero-order valence-corrected chi connectivity index (χ0v) is 68.5. The molecular weight excluding hydrogens is 1530 g/mol. The Kier molecular flexibility index (Phi) is 17.8. The van der Waals surface area contributed by atoms with Crippen molar-refractivity contribution in [3.8, 4) is 22.3 Å². The molecule has 6 heteroatoms. The van der Waals surface area contributed by atoms with Crippen molar-refractivity contribution in [2.24, 2.45) is 0 Å². The van der Waals surface area contributed by atoms with Gasteiger partial charge in [0.05, 0.1) is 39.8 Å². The molecule has 0 aliphatic carbocycles. The maximum absolute atomic E-state index is 6.47. The summed E-state index contributed by atoms with van der Waals surface area (Å²) in [6.45, 7) is 0. The average Bonchev–Trinajstić information content (AvgIpc) is 1.46. The molecule has 0 spiro atoms. The summed E-state index contributed by atoms with van der Waals surface area (Å²) in [7, 11) is 0. The van der Waals surface area contributed by atoms with Crippen LogP contribution < -0.4 is 14.7 Å². The standard InChI is InChI=1S/2C42H27NO.C36H23NO/c1-3-14-32-28(10-1)12-7-17-33(32)30-22-24-31(25-23-30)43(39-19-8-13-29-11-2-4-15-34(29)39)40-20-9-18-37-35(40)26-27-38-36-16-5-6-21-41(36)44-42(37)38;1-2-10-28(11-3-1)30-20-21-32-27-33(23-22-31(32)26-30)43(39-17-8-13-29-12-4-5-14-34(29)39)40-18-9-16-37-35(40)24-25-38-36-15-6-7-19-41(36)44-42(37)38;1-3-14-26-24(10-1)12-7-18-32(26)37(33-19-8-13-25-11-2-4-15-27(25)33)34-20-9-17-30-28(34)22-23-31-29-16-5-6-21-35(29)38-36(30)31/h2*1-27H;1-23H. The van der Waals surface area contributed by atoms with Crippen LogP contribution in [0.2, 0.25) is 0 Å². The van der Waals surface area contributed by atoms with Crippen LogP contribution in [-0.4, -0.2) is 0 Å². The highest BCUT2D eigenvalue weighted by molar-refractivity contribution is 6.22. The number of rotatable bonds is 11. The third-order valence-corrected chi connectivity index (χ3v) is 25.3. The largest absolute Gasteiger partial charge is 0.455 e. The van der Waals surface area contributed by atoms with Gasteiger partial charge in [-0.05, 0) is 175 Å². The number of hydrogen-bond donors (Lipinski definition) is 0. The lowest BCUT2D eigenvalue weighted by atomic mass is 9.97. The maximum Gasteiger partial charge on any atom is 0.143 e. The Morgan fingerprint density at radius 3 is 0.833 bits per heavy atom. The highest BCUT2D eigenvalue weighted by Gasteiger charge is 2.26. The van der Waals surface area contributed by atoms with E-state index in [1.807, 2.05) is 36.4 Å². The van der Waals surface area contributed by atoms with E-state index in [1.54, 1.807) is 0 Å². The first-order chi connectivity index (χ1) is 62.5. The molecule has 26 rings (SSSR count). The number of hydrogen-bond acceptors (Lipinski definition) is 6. The maximum atomic E-state index is 6.47. The second-order valence-corrected chi connectivity index (χ2v) is 32.4. The predicted molar refractivity (Wildman–Crippen MR) is 534 cm³/mol. The molecule has 0 saturated carbocycles. The molecule has 0 aliphatic rings. The van der Waals surface area contributed by atoms with Crippen LogP contribution in [0, 0.1) is 0 Å². The lowest BCUT2D eigenvalue weighted by Gasteiger charge is -2.29. The second-order valence-electron chi connectivity index (χ2n) is 32.4. The van der Waals surface area contributed by atoms with Crippen molar-refractivity contribution >= 4 is 214 Å². The number of benzene rings is 23. The average molecular weight is 1610 g/mol. The quantitative estimate of drug-likeness (QED) is 0.129. The number of anilines is 9. The van der Waals surface area contributed by atoms with Crippen molar-refractivity contribution in [2.75, 3.05) is 14.7 Å². The monoisotopic (exact) mass is 1610 g/mol. The van der Waals surface area contributed by atoms with Crippen molar-refractivity contribution < 1.29 is 13.3 Å². The number of fused-ring (bicyclic) bond motifs is 21. The molecule has 26 aromatic rings. The Morgan fingerprint density at radius 1 is 0.135 bits per heavy atom. The van der Waals surface area contributed by atoms with E-state index in [0.717, 1.165) is 149 Å². The molecule has 6 nitrogen and oxygen atoms in total. The molecule has 590 valence electrons. The number of para-hydroxylation sites is 3. The zero-order chi connectivity index (χ0) is 83.1. The molecular formula is C120H77N3O3. The molecule has 3 heterocycles. The van der Waals surface area contributed by atoms with Gasteiger partial charge in [0, 0.05) is 97.6 Å². The number of nitrogens with zero attached hydrogens (tertiary/aromatic N) is 3. The Balaban J connectivity index is 0.000000106. The fourth-order valence-corrected chi connectivity index (χ4v) is 19.4. The molecule has 0 radical (unpaired) electrons. The van der Waals surface area contributed by atoms with Crippen LogP contribution in [0.1, 0.15) is 0 Å². The van der Waals surface area contributed by atoms with Gasteiger partial charge in [0.1, 0.15) is 33.5 Å². The summed E-state index contributed by atoms with van der Waals surface area (Å²) in [6, 6.07) is 167. The van der Waals surface area contributed by atoms with Crippen LogP contribution in [-0.2, 0) is 0 Å². The molecule has 0 aliphatic heterocycles. The summed E-state index contributed by atoms with van der Waals surface area (Å²) in [4.78, 5) is 7.22.